The largest absolute Gasteiger partial charge is 0.387 e. The normalized spacial score (nSPS) is 37.7. The van der Waals surface area contributed by atoms with Gasteiger partial charge in [0, 0.05) is 0 Å². The molecule has 7 rings (SSSR count). The summed E-state index contributed by atoms with van der Waals surface area (Å²) >= 11 is 9.26. The molecule has 0 aromatic carbocycles. The molecule has 0 radical (unpaired) electrons. The summed E-state index contributed by atoms with van der Waals surface area (Å²) in [5.41, 5.74) is 11.0. The molecule has 2 bridgehead atoms. The number of nitrogens with two attached hydrogens (primary N) is 2. The van der Waals surface area contributed by atoms with Gasteiger partial charge >= 0.3 is 13.5 Å². The molecule has 10 atom stereocenters. The first-order valence-corrected chi connectivity index (χ1v) is 18.1. The molecular weight excluding hydrogens is 684 g/mol. The Kier molecular flexibility index (Phi) is 7.71. The number of ether oxygens (including phenoxy) is 2. The maximum Gasteiger partial charge on any atom is 0.386 e. The molecule has 4 aromatic rings. The van der Waals surface area contributed by atoms with Crippen LogP contribution in [0.5, 0.6) is 0 Å². The topological polar surface area (TPSA) is 305 Å². The van der Waals surface area contributed by atoms with Crippen LogP contribution >= 0.6 is 25.8 Å². The quantitative estimate of drug-likeness (QED) is 0.0884. The van der Waals surface area contributed by atoms with Crippen LogP contribution < -0.4 is 17.0 Å². The van der Waals surface area contributed by atoms with Crippen molar-refractivity contribution < 1.29 is 47.2 Å². The second-order valence-corrected chi connectivity index (χ2v) is 15.7. The molecule has 4 aromatic heterocycles. The maximum atomic E-state index is 13.5. The molecule has 3 fully saturated rings. The highest BCUT2D eigenvalue weighted by atomic mass is 32.7. The third-order valence-corrected chi connectivity index (χ3v) is 10.4. The van der Waals surface area contributed by atoms with Crippen molar-refractivity contribution in [1.82, 2.24) is 44.5 Å². The zero-order valence-electron chi connectivity index (χ0n) is 22.3. The Morgan fingerprint density at radius 1 is 1.00 bits per heavy atom. The molecule has 242 valence electrons. The SMILES string of the molecule is Nc1nc2c(nnn2[C@@H]2O[C@@H]3COP(O)(=S)O[C@@H]4C(O)[C@H](n5cnc6c(N)ncnc65)O[C@@H]4COP(=O)(S)O[C@H]2C3O)c(=O)[nH]1. The van der Waals surface area contributed by atoms with E-state index >= 15 is 0 Å². The van der Waals surface area contributed by atoms with Crippen LogP contribution in [0.15, 0.2) is 17.4 Å². The van der Waals surface area contributed by atoms with Crippen molar-refractivity contribution in [2.75, 3.05) is 24.7 Å². The molecule has 0 amide bonds. The number of aromatic amines is 1. The first kappa shape index (κ1) is 30.9. The third kappa shape index (κ3) is 5.54. The number of imidazole rings is 1. The Balaban J connectivity index is 1.21. The fourth-order valence-corrected chi connectivity index (χ4v) is 8.07. The van der Waals surface area contributed by atoms with Gasteiger partial charge in [-0.15, -0.1) is 5.10 Å². The maximum absolute atomic E-state index is 13.5. The Bertz CT molecular complexity index is 1940. The molecule has 0 aliphatic carbocycles. The van der Waals surface area contributed by atoms with Gasteiger partial charge in [0.1, 0.15) is 48.5 Å². The summed E-state index contributed by atoms with van der Waals surface area (Å²) in [6, 6.07) is 0. The lowest BCUT2D eigenvalue weighted by Gasteiger charge is -2.27. The van der Waals surface area contributed by atoms with Crippen LogP contribution in [-0.4, -0.2) is 109 Å². The molecule has 3 saturated heterocycles. The summed E-state index contributed by atoms with van der Waals surface area (Å²) in [5, 5.41) is 30.0. The Morgan fingerprint density at radius 3 is 2.56 bits per heavy atom. The van der Waals surface area contributed by atoms with Gasteiger partial charge in [-0.1, -0.05) is 17.5 Å². The number of nitrogens with one attached hydrogen (secondary N) is 1. The Labute approximate surface area is 259 Å². The summed E-state index contributed by atoms with van der Waals surface area (Å²) in [4.78, 5) is 41.7. The van der Waals surface area contributed by atoms with Crippen molar-refractivity contribution in [3.05, 3.63) is 23.0 Å². The van der Waals surface area contributed by atoms with E-state index < -0.39 is 81.4 Å². The van der Waals surface area contributed by atoms with Crippen molar-refractivity contribution in [1.29, 1.82) is 0 Å². The van der Waals surface area contributed by atoms with Crippen molar-refractivity contribution in [3.63, 3.8) is 0 Å². The monoisotopic (exact) mass is 707 g/mol. The molecule has 0 spiro atoms. The standard InChI is InChI=1S/C19H23N11O11P2S2/c20-13-7-14(23-3-22-13)29(4-24-7)17-10(32)11-6(39-17)2-37-43(35,45)41-12-9(31)5(1-36-42(34,44)40-11)38-18(12)30-15-8(27-28-30)16(33)26-19(21)25-15/h3-6,9-12,17-18,31-32H,1-2H2,(H,34,44)(H,35,45)(H2,20,22,23)(H3,21,25,26,33)/t5-,6-,9?,10?,11+,12+,17-,18-,42?,43?/m1/s1. The summed E-state index contributed by atoms with van der Waals surface area (Å²) < 4.78 is 50.0. The number of hydrogen-bond acceptors (Lipinski definition) is 19. The number of hydrogen-bond donors (Lipinski definition) is 7. The predicted molar refractivity (Wildman–Crippen MR) is 155 cm³/mol. The Morgan fingerprint density at radius 2 is 1.76 bits per heavy atom. The smallest absolute Gasteiger partial charge is 0.386 e. The minimum Gasteiger partial charge on any atom is -0.387 e. The van der Waals surface area contributed by atoms with Crippen LogP contribution in [0.2, 0.25) is 0 Å². The van der Waals surface area contributed by atoms with E-state index in [1.807, 2.05) is 0 Å². The van der Waals surface area contributed by atoms with Gasteiger partial charge in [0.25, 0.3) is 5.56 Å². The van der Waals surface area contributed by atoms with Crippen LogP contribution in [0.25, 0.3) is 22.3 Å². The molecule has 26 heteroatoms. The molecule has 45 heavy (non-hydrogen) atoms. The van der Waals surface area contributed by atoms with Gasteiger partial charge in [-0.25, -0.2) is 19.5 Å². The number of aliphatic hydroxyl groups excluding tert-OH is 2. The summed E-state index contributed by atoms with van der Waals surface area (Å²) in [6.45, 7) is -9.76. The molecular formula is C19H23N11O11P2S2. The van der Waals surface area contributed by atoms with Gasteiger partial charge in [0.15, 0.2) is 35.1 Å². The molecule has 7 heterocycles. The van der Waals surface area contributed by atoms with Crippen molar-refractivity contribution in [2.24, 2.45) is 0 Å². The van der Waals surface area contributed by atoms with E-state index in [-0.39, 0.29) is 34.1 Å². The van der Waals surface area contributed by atoms with E-state index in [4.69, 9.17) is 50.8 Å². The number of H-pyrrole nitrogens is 1. The lowest BCUT2D eigenvalue weighted by atomic mass is 10.1. The summed E-state index contributed by atoms with van der Waals surface area (Å²) in [5.74, 6) is -0.176. The number of thiol groups is 1. The zero-order chi connectivity index (χ0) is 31.8. The van der Waals surface area contributed by atoms with Crippen LogP contribution in [0.4, 0.5) is 11.8 Å². The highest BCUT2D eigenvalue weighted by molar-refractivity contribution is 8.44. The molecule has 4 unspecified atom stereocenters. The van der Waals surface area contributed by atoms with Crippen molar-refractivity contribution >= 4 is 71.7 Å². The van der Waals surface area contributed by atoms with E-state index in [9.17, 15) is 24.5 Å². The number of aliphatic hydroxyl groups is 2. The first-order valence-electron chi connectivity index (χ1n) is 12.8. The lowest BCUT2D eigenvalue weighted by Crippen LogP contribution is -2.36. The summed E-state index contributed by atoms with van der Waals surface area (Å²) in [6.07, 6.45) is -8.76. The van der Waals surface area contributed by atoms with Crippen molar-refractivity contribution in [3.8, 4) is 0 Å². The highest BCUT2D eigenvalue weighted by Crippen LogP contribution is 2.58. The molecule has 0 saturated carbocycles. The second kappa shape index (κ2) is 11.2. The second-order valence-electron chi connectivity index (χ2n) is 10.0. The molecule has 3 aliphatic rings. The fraction of sp³-hybridized carbons (Fsp3) is 0.526. The van der Waals surface area contributed by atoms with Gasteiger partial charge < -0.3 is 40.6 Å². The van der Waals surface area contributed by atoms with Gasteiger partial charge in [-0.2, -0.15) is 9.67 Å². The average Bonchev–Trinajstić information content (AvgIpc) is 3.72. The molecule has 8 N–H and O–H groups in total. The van der Waals surface area contributed by atoms with E-state index in [1.54, 1.807) is 0 Å². The van der Waals surface area contributed by atoms with Crippen molar-refractivity contribution in [2.45, 2.75) is 49.1 Å². The third-order valence-electron chi connectivity index (χ3n) is 7.19. The van der Waals surface area contributed by atoms with Gasteiger partial charge in [0.05, 0.1) is 19.5 Å². The summed E-state index contributed by atoms with van der Waals surface area (Å²) in [7, 11) is 0. The predicted octanol–water partition coefficient (Wildman–Crippen LogP) is -1.89. The number of anilines is 2. The van der Waals surface area contributed by atoms with Crippen LogP contribution in [0.3, 0.4) is 0 Å². The zero-order valence-corrected chi connectivity index (χ0v) is 25.8. The Hall–Kier alpha value is -2.70. The minimum absolute atomic E-state index is 0.0862. The number of nitrogens with zero attached hydrogens (tertiary/aromatic N) is 8. The van der Waals surface area contributed by atoms with Gasteiger partial charge in [-0.05, 0) is 11.8 Å². The van der Waals surface area contributed by atoms with Gasteiger partial charge in [0.2, 0.25) is 5.95 Å². The minimum atomic E-state index is -4.40. The first-order chi connectivity index (χ1) is 21.3. The van der Waals surface area contributed by atoms with E-state index in [0.717, 1.165) is 4.68 Å². The number of aromatic nitrogens is 9. The number of nitrogen functional groups attached to an aromatic ring is 2. The van der Waals surface area contributed by atoms with E-state index in [1.165, 1.54) is 17.2 Å². The molecule has 22 nitrogen and oxygen atoms in total. The number of rotatable bonds is 2. The van der Waals surface area contributed by atoms with Crippen LogP contribution in [0.1, 0.15) is 12.5 Å². The molecule has 3 aliphatic heterocycles. The average molecular weight is 708 g/mol. The van der Waals surface area contributed by atoms with Gasteiger partial charge in [-0.3, -0.25) is 27.9 Å². The van der Waals surface area contributed by atoms with E-state index in [2.05, 4.69) is 47.5 Å². The van der Waals surface area contributed by atoms with E-state index in [0.29, 0.717) is 0 Å². The highest BCUT2D eigenvalue weighted by Gasteiger charge is 2.53. The fourth-order valence-electron chi connectivity index (χ4n) is 5.17. The van der Waals surface area contributed by atoms with Crippen LogP contribution in [0, 0.1) is 0 Å². The number of fused-ring (bicyclic) bond motifs is 5. The van der Waals surface area contributed by atoms with Crippen LogP contribution in [-0.2, 0) is 43.9 Å². The lowest BCUT2D eigenvalue weighted by molar-refractivity contribution is -0.0627.